The monoisotopic (exact) mass is 264 g/mol. The lowest BCUT2D eigenvalue weighted by atomic mass is 10.3. The minimum Gasteiger partial charge on any atom is -0.493 e. The SMILES string of the molecule is CCNc1cccc(OCCCN2CCOCC2)c1. The number of nitrogens with one attached hydrogen (secondary N) is 1. The molecule has 1 aliphatic rings. The Labute approximate surface area is 115 Å². The first kappa shape index (κ1) is 14.2. The van der Waals surface area contributed by atoms with Crippen LogP contribution in [0.2, 0.25) is 0 Å². The molecule has 1 fully saturated rings. The van der Waals surface area contributed by atoms with Crippen LogP contribution in [-0.4, -0.2) is 50.9 Å². The maximum Gasteiger partial charge on any atom is 0.121 e. The molecule has 1 aromatic carbocycles. The van der Waals surface area contributed by atoms with Crippen LogP contribution < -0.4 is 10.1 Å². The largest absolute Gasteiger partial charge is 0.493 e. The molecule has 0 bridgehead atoms. The zero-order valence-electron chi connectivity index (χ0n) is 11.7. The lowest BCUT2D eigenvalue weighted by molar-refractivity contribution is 0.0358. The van der Waals surface area contributed by atoms with Gasteiger partial charge < -0.3 is 14.8 Å². The van der Waals surface area contributed by atoms with Crippen molar-refractivity contribution < 1.29 is 9.47 Å². The van der Waals surface area contributed by atoms with E-state index in [1.807, 2.05) is 12.1 Å². The fourth-order valence-corrected chi connectivity index (χ4v) is 2.20. The van der Waals surface area contributed by atoms with Gasteiger partial charge in [-0.2, -0.15) is 0 Å². The highest BCUT2D eigenvalue weighted by molar-refractivity contribution is 5.47. The van der Waals surface area contributed by atoms with Crippen LogP contribution in [0.5, 0.6) is 5.75 Å². The van der Waals surface area contributed by atoms with Crippen LogP contribution >= 0.6 is 0 Å². The number of hydrogen-bond acceptors (Lipinski definition) is 4. The van der Waals surface area contributed by atoms with Crippen LogP contribution in [0.15, 0.2) is 24.3 Å². The van der Waals surface area contributed by atoms with Gasteiger partial charge in [-0.1, -0.05) is 6.07 Å². The van der Waals surface area contributed by atoms with Gasteiger partial charge in [0.1, 0.15) is 5.75 Å². The van der Waals surface area contributed by atoms with Crippen molar-refractivity contribution in [2.24, 2.45) is 0 Å². The molecule has 0 unspecified atom stereocenters. The average molecular weight is 264 g/mol. The van der Waals surface area contributed by atoms with Gasteiger partial charge in [-0.3, -0.25) is 4.90 Å². The summed E-state index contributed by atoms with van der Waals surface area (Å²) >= 11 is 0. The van der Waals surface area contributed by atoms with Crippen molar-refractivity contribution in [2.45, 2.75) is 13.3 Å². The third kappa shape index (κ3) is 5.09. The Morgan fingerprint density at radius 1 is 1.32 bits per heavy atom. The summed E-state index contributed by atoms with van der Waals surface area (Å²) in [5.74, 6) is 0.945. The molecule has 1 aliphatic heterocycles. The van der Waals surface area contributed by atoms with Crippen LogP contribution in [0, 0.1) is 0 Å². The molecule has 4 nitrogen and oxygen atoms in total. The molecule has 1 aromatic rings. The summed E-state index contributed by atoms with van der Waals surface area (Å²) in [6.07, 6.45) is 1.06. The first-order valence-corrected chi connectivity index (χ1v) is 7.15. The van der Waals surface area contributed by atoms with Crippen molar-refractivity contribution in [1.82, 2.24) is 4.90 Å². The van der Waals surface area contributed by atoms with Gasteiger partial charge in [-0.15, -0.1) is 0 Å². The molecule has 4 heteroatoms. The van der Waals surface area contributed by atoms with Gasteiger partial charge in [0.15, 0.2) is 0 Å². The number of benzene rings is 1. The molecule has 106 valence electrons. The third-order valence-electron chi connectivity index (χ3n) is 3.21. The molecule has 1 N–H and O–H groups in total. The first-order valence-electron chi connectivity index (χ1n) is 7.15. The Hall–Kier alpha value is -1.26. The third-order valence-corrected chi connectivity index (χ3v) is 3.21. The summed E-state index contributed by atoms with van der Waals surface area (Å²) in [6, 6.07) is 8.15. The number of anilines is 1. The van der Waals surface area contributed by atoms with Crippen molar-refractivity contribution in [1.29, 1.82) is 0 Å². The van der Waals surface area contributed by atoms with E-state index in [4.69, 9.17) is 9.47 Å². The van der Waals surface area contributed by atoms with Gasteiger partial charge in [0.05, 0.1) is 19.8 Å². The van der Waals surface area contributed by atoms with E-state index in [0.717, 1.165) is 63.9 Å². The molecule has 0 aliphatic carbocycles. The molecule has 0 atom stereocenters. The van der Waals surface area contributed by atoms with E-state index in [1.165, 1.54) is 0 Å². The fraction of sp³-hybridized carbons (Fsp3) is 0.600. The molecule has 1 saturated heterocycles. The summed E-state index contributed by atoms with van der Waals surface area (Å²) in [6.45, 7) is 8.72. The van der Waals surface area contributed by atoms with Gasteiger partial charge in [0, 0.05) is 37.9 Å². The summed E-state index contributed by atoms with van der Waals surface area (Å²) in [7, 11) is 0. The normalized spacial score (nSPS) is 16.3. The van der Waals surface area contributed by atoms with E-state index in [-0.39, 0.29) is 0 Å². The van der Waals surface area contributed by atoms with Gasteiger partial charge in [-0.25, -0.2) is 0 Å². The van der Waals surface area contributed by atoms with Crippen LogP contribution in [0.4, 0.5) is 5.69 Å². The van der Waals surface area contributed by atoms with Crippen LogP contribution in [0.1, 0.15) is 13.3 Å². The second-order valence-electron chi connectivity index (χ2n) is 4.71. The van der Waals surface area contributed by atoms with E-state index in [2.05, 4.69) is 29.3 Å². The van der Waals surface area contributed by atoms with E-state index in [1.54, 1.807) is 0 Å². The van der Waals surface area contributed by atoms with Crippen molar-refractivity contribution in [3.8, 4) is 5.75 Å². The standard InChI is InChI=1S/C15H24N2O2/c1-2-16-14-5-3-6-15(13-14)19-10-4-7-17-8-11-18-12-9-17/h3,5-6,13,16H,2,4,7-12H2,1H3. The van der Waals surface area contributed by atoms with Crippen molar-refractivity contribution in [2.75, 3.05) is 51.3 Å². The topological polar surface area (TPSA) is 33.7 Å². The summed E-state index contributed by atoms with van der Waals surface area (Å²) < 4.78 is 11.1. The second kappa shape index (κ2) is 8.02. The maximum absolute atomic E-state index is 5.79. The first-order chi connectivity index (χ1) is 9.38. The highest BCUT2D eigenvalue weighted by atomic mass is 16.5. The second-order valence-corrected chi connectivity index (χ2v) is 4.71. The number of rotatable bonds is 7. The Balaban J connectivity index is 1.65. The van der Waals surface area contributed by atoms with E-state index in [9.17, 15) is 0 Å². The molecule has 0 radical (unpaired) electrons. The Kier molecular flexibility index (Phi) is 5.98. The van der Waals surface area contributed by atoms with Crippen LogP contribution in [0.25, 0.3) is 0 Å². The van der Waals surface area contributed by atoms with E-state index >= 15 is 0 Å². The Morgan fingerprint density at radius 3 is 2.95 bits per heavy atom. The molecule has 0 spiro atoms. The van der Waals surface area contributed by atoms with Crippen molar-refractivity contribution in [3.05, 3.63) is 24.3 Å². The highest BCUT2D eigenvalue weighted by Gasteiger charge is 2.09. The summed E-state index contributed by atoms with van der Waals surface area (Å²) in [5.41, 5.74) is 1.12. The molecule has 0 amide bonds. The van der Waals surface area contributed by atoms with E-state index < -0.39 is 0 Å². The predicted octanol–water partition coefficient (Wildman–Crippen LogP) is 2.22. The number of ether oxygens (including phenoxy) is 2. The lowest BCUT2D eigenvalue weighted by Crippen LogP contribution is -2.37. The van der Waals surface area contributed by atoms with Gasteiger partial charge in [-0.05, 0) is 25.5 Å². The quantitative estimate of drug-likeness (QED) is 0.766. The smallest absolute Gasteiger partial charge is 0.121 e. The minimum atomic E-state index is 0.771. The summed E-state index contributed by atoms with van der Waals surface area (Å²) in [5, 5.41) is 3.29. The average Bonchev–Trinajstić information content (AvgIpc) is 2.46. The van der Waals surface area contributed by atoms with Gasteiger partial charge >= 0.3 is 0 Å². The number of nitrogens with zero attached hydrogens (tertiary/aromatic N) is 1. The van der Waals surface area contributed by atoms with Crippen molar-refractivity contribution in [3.63, 3.8) is 0 Å². The fourth-order valence-electron chi connectivity index (χ4n) is 2.20. The molecule has 0 saturated carbocycles. The molecular formula is C15H24N2O2. The molecule has 1 heterocycles. The summed E-state index contributed by atoms with van der Waals surface area (Å²) in [4.78, 5) is 2.43. The van der Waals surface area contributed by atoms with E-state index in [0.29, 0.717) is 0 Å². The molecule has 19 heavy (non-hydrogen) atoms. The lowest BCUT2D eigenvalue weighted by Gasteiger charge is -2.26. The predicted molar refractivity (Wildman–Crippen MR) is 78.0 cm³/mol. The zero-order chi connectivity index (χ0) is 13.3. The maximum atomic E-state index is 5.79. The van der Waals surface area contributed by atoms with Crippen molar-refractivity contribution >= 4 is 5.69 Å². The zero-order valence-corrected chi connectivity index (χ0v) is 11.7. The van der Waals surface area contributed by atoms with Crippen LogP contribution in [0.3, 0.4) is 0 Å². The van der Waals surface area contributed by atoms with Gasteiger partial charge in [0.2, 0.25) is 0 Å². The highest BCUT2D eigenvalue weighted by Crippen LogP contribution is 2.17. The minimum absolute atomic E-state index is 0.771. The van der Waals surface area contributed by atoms with Crippen LogP contribution in [-0.2, 0) is 4.74 Å². The Bertz CT molecular complexity index is 365. The number of morpholine rings is 1. The molecular weight excluding hydrogens is 240 g/mol. The molecule has 0 aromatic heterocycles. The Morgan fingerprint density at radius 2 is 2.16 bits per heavy atom. The van der Waals surface area contributed by atoms with Gasteiger partial charge in [0.25, 0.3) is 0 Å². The molecule has 2 rings (SSSR count). The number of hydrogen-bond donors (Lipinski definition) is 1.